The molecule has 0 saturated carbocycles. The zero-order valence-electron chi connectivity index (χ0n) is 19.6. The summed E-state index contributed by atoms with van der Waals surface area (Å²) in [6.45, 7) is 1.73. The molecular formula is C22H23F6N5O5. The maximum absolute atomic E-state index is 13.0. The normalized spacial score (nSPS) is 21.8. The Balaban J connectivity index is 0.000000505. The van der Waals surface area contributed by atoms with Crippen LogP contribution in [0.4, 0.5) is 32.2 Å². The van der Waals surface area contributed by atoms with Gasteiger partial charge in [-0.3, -0.25) is 9.78 Å². The number of carbonyl (C=O) groups is 2. The molecule has 38 heavy (non-hydrogen) atoms. The molecule has 2 N–H and O–H groups in total. The Bertz CT molecular complexity index is 1100. The first-order chi connectivity index (χ1) is 17.8. The summed E-state index contributed by atoms with van der Waals surface area (Å²) in [6.07, 6.45) is -4.38. The molecule has 4 rings (SSSR count). The average molecular weight is 551 g/mol. The van der Waals surface area contributed by atoms with Crippen LogP contribution in [-0.2, 0) is 20.4 Å². The molecule has 1 amide bonds. The second-order valence-corrected chi connectivity index (χ2v) is 8.43. The number of halogens is 6. The smallest absolute Gasteiger partial charge is 0.475 e. The fourth-order valence-corrected chi connectivity index (χ4v) is 3.83. The van der Waals surface area contributed by atoms with Crippen LogP contribution in [0.25, 0.3) is 0 Å². The summed E-state index contributed by atoms with van der Waals surface area (Å²) in [6, 6.07) is 4.81. The number of ether oxygens (including phenoxy) is 2. The number of amides is 1. The third-order valence-electron chi connectivity index (χ3n) is 5.56. The highest BCUT2D eigenvalue weighted by Crippen LogP contribution is 2.34. The van der Waals surface area contributed by atoms with Gasteiger partial charge in [0, 0.05) is 31.7 Å². The van der Waals surface area contributed by atoms with E-state index in [1.54, 1.807) is 23.2 Å². The van der Waals surface area contributed by atoms with Crippen LogP contribution in [0, 0.1) is 0 Å². The molecule has 10 nitrogen and oxygen atoms in total. The Kier molecular flexibility index (Phi) is 9.09. The molecule has 2 aliphatic rings. The van der Waals surface area contributed by atoms with Crippen LogP contribution in [0.5, 0.6) is 0 Å². The van der Waals surface area contributed by atoms with Crippen molar-refractivity contribution in [1.82, 2.24) is 20.3 Å². The van der Waals surface area contributed by atoms with Crippen molar-refractivity contribution in [2.45, 2.75) is 36.9 Å². The van der Waals surface area contributed by atoms with Crippen LogP contribution in [0.2, 0.25) is 0 Å². The van der Waals surface area contributed by atoms with Crippen molar-refractivity contribution in [3.63, 3.8) is 0 Å². The van der Waals surface area contributed by atoms with Crippen molar-refractivity contribution in [3.8, 4) is 0 Å². The molecule has 208 valence electrons. The molecule has 0 unspecified atom stereocenters. The van der Waals surface area contributed by atoms with Gasteiger partial charge in [-0.1, -0.05) is 0 Å². The molecule has 0 bridgehead atoms. The van der Waals surface area contributed by atoms with E-state index in [0.717, 1.165) is 6.20 Å². The van der Waals surface area contributed by atoms with Crippen LogP contribution in [0.3, 0.4) is 0 Å². The van der Waals surface area contributed by atoms with Gasteiger partial charge in [0.25, 0.3) is 5.91 Å². The van der Waals surface area contributed by atoms with E-state index < -0.39 is 29.7 Å². The molecule has 0 aliphatic carbocycles. The number of hydrogen-bond acceptors (Lipinski definition) is 8. The predicted molar refractivity (Wildman–Crippen MR) is 117 cm³/mol. The van der Waals surface area contributed by atoms with Crippen LogP contribution < -0.4 is 10.2 Å². The van der Waals surface area contributed by atoms with Crippen molar-refractivity contribution in [2.75, 3.05) is 37.7 Å². The Morgan fingerprint density at radius 1 is 1.18 bits per heavy atom. The number of rotatable bonds is 4. The van der Waals surface area contributed by atoms with E-state index in [4.69, 9.17) is 19.4 Å². The van der Waals surface area contributed by atoms with Crippen molar-refractivity contribution in [1.29, 1.82) is 0 Å². The lowest BCUT2D eigenvalue weighted by Gasteiger charge is -2.32. The summed E-state index contributed by atoms with van der Waals surface area (Å²) in [5, 5.41) is 9.97. The largest absolute Gasteiger partial charge is 0.490 e. The van der Waals surface area contributed by atoms with E-state index in [9.17, 15) is 31.1 Å². The Morgan fingerprint density at radius 2 is 1.92 bits per heavy atom. The summed E-state index contributed by atoms with van der Waals surface area (Å²) < 4.78 is 82.7. The number of hydrogen-bond donors (Lipinski definition) is 2. The van der Waals surface area contributed by atoms with E-state index in [2.05, 4.69) is 20.3 Å². The minimum Gasteiger partial charge on any atom is -0.475 e. The van der Waals surface area contributed by atoms with Gasteiger partial charge in [0.05, 0.1) is 31.4 Å². The van der Waals surface area contributed by atoms with E-state index in [1.807, 2.05) is 0 Å². The summed E-state index contributed by atoms with van der Waals surface area (Å²) >= 11 is 0. The predicted octanol–water partition coefficient (Wildman–Crippen LogP) is 2.71. The molecule has 16 heteroatoms. The number of anilines is 1. The zero-order chi connectivity index (χ0) is 28.0. The van der Waals surface area contributed by atoms with E-state index in [-0.39, 0.29) is 17.8 Å². The highest BCUT2D eigenvalue weighted by atomic mass is 19.4. The summed E-state index contributed by atoms with van der Waals surface area (Å²) in [4.78, 5) is 33.8. The molecule has 4 heterocycles. The number of nitrogens with zero attached hydrogens (tertiary/aromatic N) is 4. The lowest BCUT2D eigenvalue weighted by molar-refractivity contribution is -0.192. The van der Waals surface area contributed by atoms with Crippen LogP contribution in [0.15, 0.2) is 36.8 Å². The molecule has 0 radical (unpaired) electrons. The summed E-state index contributed by atoms with van der Waals surface area (Å²) in [7, 11) is 0. The summed E-state index contributed by atoms with van der Waals surface area (Å²) in [5.74, 6) is -3.98. The number of aliphatic carboxylic acids is 1. The van der Waals surface area contributed by atoms with Gasteiger partial charge >= 0.3 is 18.3 Å². The molecule has 1 spiro atoms. The second kappa shape index (κ2) is 11.9. The van der Waals surface area contributed by atoms with Gasteiger partial charge in [-0.05, 0) is 31.0 Å². The van der Waals surface area contributed by atoms with Gasteiger partial charge in [0.1, 0.15) is 11.4 Å². The molecule has 2 aliphatic heterocycles. The second-order valence-electron chi connectivity index (χ2n) is 8.43. The first kappa shape index (κ1) is 29.0. The average Bonchev–Trinajstić information content (AvgIpc) is 3.14. The number of carboxylic acid groups (broad SMARTS) is 1. The van der Waals surface area contributed by atoms with Crippen molar-refractivity contribution < 1.29 is 50.5 Å². The molecule has 2 atom stereocenters. The topological polar surface area (TPSA) is 127 Å². The monoisotopic (exact) mass is 551 g/mol. The number of carboxylic acids is 1. The zero-order valence-corrected chi connectivity index (χ0v) is 19.6. The van der Waals surface area contributed by atoms with Crippen LogP contribution in [0.1, 0.15) is 29.0 Å². The van der Waals surface area contributed by atoms with Gasteiger partial charge in [-0.2, -0.15) is 26.3 Å². The number of aromatic nitrogens is 3. The molecular weight excluding hydrogens is 528 g/mol. The lowest BCUT2D eigenvalue weighted by Crippen LogP contribution is -2.46. The fraction of sp³-hybridized carbons (Fsp3) is 0.500. The van der Waals surface area contributed by atoms with E-state index >= 15 is 0 Å². The fourth-order valence-electron chi connectivity index (χ4n) is 3.83. The Labute approximate surface area is 212 Å². The quantitative estimate of drug-likeness (QED) is 0.552. The minimum atomic E-state index is -5.08. The van der Waals surface area contributed by atoms with Gasteiger partial charge in [-0.15, -0.1) is 0 Å². The van der Waals surface area contributed by atoms with Crippen molar-refractivity contribution in [3.05, 3.63) is 48.2 Å². The number of nitrogens with one attached hydrogen (secondary N) is 1. The molecule has 2 aromatic heterocycles. The molecule has 2 aromatic rings. The molecule has 2 saturated heterocycles. The minimum absolute atomic E-state index is 0.184. The van der Waals surface area contributed by atoms with Gasteiger partial charge in [0.2, 0.25) is 5.82 Å². The number of alkyl halides is 6. The van der Waals surface area contributed by atoms with Crippen LogP contribution in [-0.4, -0.2) is 82.7 Å². The van der Waals surface area contributed by atoms with Gasteiger partial charge < -0.3 is 24.8 Å². The first-order valence-corrected chi connectivity index (χ1v) is 11.2. The van der Waals surface area contributed by atoms with Gasteiger partial charge in [-0.25, -0.2) is 14.8 Å². The summed E-state index contributed by atoms with van der Waals surface area (Å²) in [5.41, 5.74) is -0.216. The highest BCUT2D eigenvalue weighted by molar-refractivity contribution is 5.93. The lowest BCUT2D eigenvalue weighted by atomic mass is 10.00. The molecule has 0 aromatic carbocycles. The Morgan fingerprint density at radius 3 is 2.55 bits per heavy atom. The third-order valence-corrected chi connectivity index (χ3v) is 5.56. The van der Waals surface area contributed by atoms with Gasteiger partial charge in [0.15, 0.2) is 0 Å². The number of pyridine rings is 1. The standard InChI is InChI=1S/C20H22F3N5O3.C2HF3O2/c21-20(22,23)18-25-7-4-16(27-18)28-8-9-30-13-19(12-28)5-3-15(31-19)11-26-17(29)14-2-1-6-24-10-14;3-2(4,5)1(6)7/h1-2,4,6-7,10,15H,3,5,8-9,11-13H2,(H,26,29);(H,6,7)/t15-,19-;/m1./s1. The highest BCUT2D eigenvalue weighted by Gasteiger charge is 2.44. The number of carbonyl (C=O) groups excluding carboxylic acids is 1. The Hall–Kier alpha value is -3.53. The SMILES string of the molecule is O=C(NC[C@H]1CC[C@@]2(COCCN(c3ccnc(C(F)(F)F)n3)C2)O1)c1cccnc1.O=C(O)C(F)(F)F. The maximum atomic E-state index is 13.0. The van der Waals surface area contributed by atoms with Crippen LogP contribution >= 0.6 is 0 Å². The van der Waals surface area contributed by atoms with Crippen molar-refractivity contribution >= 4 is 17.7 Å². The molecule has 2 fully saturated rings. The maximum Gasteiger partial charge on any atom is 0.490 e. The first-order valence-electron chi connectivity index (χ1n) is 11.2. The van der Waals surface area contributed by atoms with E-state index in [1.165, 1.54) is 12.3 Å². The van der Waals surface area contributed by atoms with Crippen molar-refractivity contribution in [2.24, 2.45) is 0 Å². The van der Waals surface area contributed by atoms with E-state index in [0.29, 0.717) is 51.3 Å². The third kappa shape index (κ3) is 7.98.